The molecule has 3 heteroatoms. The van der Waals surface area contributed by atoms with E-state index in [1.54, 1.807) is 0 Å². The molecule has 0 amide bonds. The molecule has 0 aromatic heterocycles. The highest BCUT2D eigenvalue weighted by Crippen LogP contribution is 2.66. The summed E-state index contributed by atoms with van der Waals surface area (Å²) in [5.41, 5.74) is 1.76. The number of rotatable bonds is 3. The number of hydrogen-bond donors (Lipinski definition) is 0. The van der Waals surface area contributed by atoms with Crippen molar-refractivity contribution in [2.45, 2.75) is 66.2 Å². The summed E-state index contributed by atoms with van der Waals surface area (Å²) in [5.74, 6) is 3.61. The highest BCUT2D eigenvalue weighted by molar-refractivity contribution is 5.91. The van der Waals surface area contributed by atoms with Gasteiger partial charge in [0.15, 0.2) is 5.78 Å². The van der Waals surface area contributed by atoms with Crippen molar-refractivity contribution in [1.29, 1.82) is 0 Å². The highest BCUT2D eigenvalue weighted by atomic mass is 16.1. The molecule has 150 valence electrons. The number of carbonyl (C=O) groups excluding carboxylic acids is 2. The summed E-state index contributed by atoms with van der Waals surface area (Å²) in [6.07, 6.45) is 9.94. The Bertz CT molecular complexity index is 667. The van der Waals surface area contributed by atoms with Crippen LogP contribution in [0.1, 0.15) is 66.2 Å². The Morgan fingerprint density at radius 1 is 1.15 bits per heavy atom. The number of piperidine rings is 1. The predicted octanol–water partition coefficient (Wildman–Crippen LogP) is 4.71. The van der Waals surface area contributed by atoms with Gasteiger partial charge in [-0.05, 0) is 67.1 Å². The van der Waals surface area contributed by atoms with Gasteiger partial charge in [0.1, 0.15) is 6.29 Å². The van der Waals surface area contributed by atoms with Crippen LogP contribution in [-0.2, 0) is 9.59 Å². The molecule has 0 aromatic rings. The van der Waals surface area contributed by atoms with Gasteiger partial charge in [-0.15, -0.1) is 0 Å². The van der Waals surface area contributed by atoms with E-state index in [9.17, 15) is 9.59 Å². The van der Waals surface area contributed by atoms with Crippen LogP contribution in [0.3, 0.4) is 0 Å². The molecule has 0 aromatic carbocycles. The van der Waals surface area contributed by atoms with Crippen molar-refractivity contribution in [2.75, 3.05) is 13.6 Å². The van der Waals surface area contributed by atoms with Gasteiger partial charge in [0.05, 0.1) is 0 Å². The minimum Gasteiger partial charge on any atom is -0.377 e. The van der Waals surface area contributed by atoms with Gasteiger partial charge in [-0.3, -0.25) is 4.79 Å². The number of likely N-dealkylation sites (tertiary alicyclic amines) is 1. The van der Waals surface area contributed by atoms with Crippen LogP contribution in [0.25, 0.3) is 0 Å². The van der Waals surface area contributed by atoms with Crippen LogP contribution < -0.4 is 0 Å². The lowest BCUT2D eigenvalue weighted by molar-refractivity contribution is -0.122. The number of aldehydes is 1. The molecule has 1 saturated heterocycles. The van der Waals surface area contributed by atoms with E-state index in [1.807, 2.05) is 6.08 Å². The van der Waals surface area contributed by atoms with Crippen LogP contribution in [-0.4, -0.2) is 30.6 Å². The third kappa shape index (κ3) is 2.67. The Kier molecular flexibility index (Phi) is 4.59. The van der Waals surface area contributed by atoms with Crippen molar-refractivity contribution in [1.82, 2.24) is 4.90 Å². The quantitative estimate of drug-likeness (QED) is 0.674. The predicted molar refractivity (Wildman–Crippen MR) is 108 cm³/mol. The Morgan fingerprint density at radius 2 is 1.89 bits per heavy atom. The average molecular weight is 372 g/mol. The van der Waals surface area contributed by atoms with Crippen molar-refractivity contribution < 1.29 is 9.59 Å². The molecule has 2 unspecified atom stereocenters. The Labute approximate surface area is 165 Å². The summed E-state index contributed by atoms with van der Waals surface area (Å²) in [5, 5.41) is 0. The standard InChI is InChI=1S/C24H37NO2/c1-15(2)18(14-26)20-7-6-19-17-13-25(5)22-12-16(27)8-10-24(22,4)21(17)9-11-23(19,20)3/h12,14-15,17-21H,6-11,13H2,1-5H3/t17-,18?,19-,20?,21+,23-,24+/m0/s1. The molecule has 3 nitrogen and oxygen atoms in total. The zero-order chi connectivity index (χ0) is 19.6. The fourth-order valence-electron chi connectivity index (χ4n) is 7.96. The maximum absolute atomic E-state index is 12.1. The van der Waals surface area contributed by atoms with E-state index >= 15 is 0 Å². The van der Waals surface area contributed by atoms with Crippen LogP contribution in [0.2, 0.25) is 0 Å². The van der Waals surface area contributed by atoms with E-state index in [-0.39, 0.29) is 11.3 Å². The minimum absolute atomic E-state index is 0.160. The van der Waals surface area contributed by atoms with Gasteiger partial charge in [-0.1, -0.05) is 27.7 Å². The zero-order valence-corrected chi connectivity index (χ0v) is 17.8. The molecule has 0 spiro atoms. The number of ketones is 1. The zero-order valence-electron chi connectivity index (χ0n) is 17.8. The average Bonchev–Trinajstić information content (AvgIpc) is 2.95. The van der Waals surface area contributed by atoms with Crippen molar-refractivity contribution in [3.63, 3.8) is 0 Å². The molecule has 4 aliphatic rings. The molecule has 1 heterocycles. The molecular weight excluding hydrogens is 334 g/mol. The molecule has 3 fully saturated rings. The van der Waals surface area contributed by atoms with Gasteiger partial charge in [0.25, 0.3) is 0 Å². The van der Waals surface area contributed by atoms with E-state index in [4.69, 9.17) is 0 Å². The van der Waals surface area contributed by atoms with Gasteiger partial charge >= 0.3 is 0 Å². The topological polar surface area (TPSA) is 37.4 Å². The molecule has 2 saturated carbocycles. The van der Waals surface area contributed by atoms with Crippen LogP contribution in [0.15, 0.2) is 11.8 Å². The van der Waals surface area contributed by atoms with Gasteiger partial charge in [-0.25, -0.2) is 0 Å². The number of nitrogens with zero attached hydrogens (tertiary/aromatic N) is 1. The Morgan fingerprint density at radius 3 is 2.56 bits per heavy atom. The van der Waals surface area contributed by atoms with Gasteiger partial charge in [-0.2, -0.15) is 0 Å². The van der Waals surface area contributed by atoms with E-state index in [2.05, 4.69) is 39.6 Å². The molecule has 27 heavy (non-hydrogen) atoms. The summed E-state index contributed by atoms with van der Waals surface area (Å²) in [4.78, 5) is 26.4. The maximum Gasteiger partial charge on any atom is 0.157 e. The second kappa shape index (κ2) is 6.46. The van der Waals surface area contributed by atoms with Crippen LogP contribution in [0.5, 0.6) is 0 Å². The molecular formula is C24H37NO2. The number of hydrogen-bond acceptors (Lipinski definition) is 3. The summed E-state index contributed by atoms with van der Waals surface area (Å²) in [7, 11) is 2.19. The summed E-state index contributed by atoms with van der Waals surface area (Å²) in [6.45, 7) is 10.4. The summed E-state index contributed by atoms with van der Waals surface area (Å²) in [6, 6.07) is 0. The molecule has 0 N–H and O–H groups in total. The molecule has 4 rings (SSSR count). The Balaban J connectivity index is 1.67. The second-order valence-corrected chi connectivity index (χ2v) is 10.9. The van der Waals surface area contributed by atoms with E-state index in [0.717, 1.165) is 18.9 Å². The maximum atomic E-state index is 12.1. The largest absolute Gasteiger partial charge is 0.377 e. The van der Waals surface area contributed by atoms with Crippen molar-refractivity contribution in [2.24, 2.45) is 46.3 Å². The highest BCUT2D eigenvalue weighted by Gasteiger charge is 2.61. The Hall–Kier alpha value is -1.12. The first-order valence-corrected chi connectivity index (χ1v) is 11.1. The summed E-state index contributed by atoms with van der Waals surface area (Å²) >= 11 is 0. The first-order chi connectivity index (χ1) is 12.7. The summed E-state index contributed by atoms with van der Waals surface area (Å²) < 4.78 is 0. The smallest absolute Gasteiger partial charge is 0.157 e. The number of fused-ring (bicyclic) bond motifs is 5. The second-order valence-electron chi connectivity index (χ2n) is 10.9. The van der Waals surface area contributed by atoms with E-state index < -0.39 is 0 Å². The van der Waals surface area contributed by atoms with E-state index in [0.29, 0.717) is 41.3 Å². The first kappa shape index (κ1) is 19.2. The van der Waals surface area contributed by atoms with Gasteiger partial charge in [0.2, 0.25) is 0 Å². The molecule has 1 aliphatic heterocycles. The lowest BCUT2D eigenvalue weighted by atomic mass is 9.49. The van der Waals surface area contributed by atoms with Gasteiger partial charge < -0.3 is 9.69 Å². The van der Waals surface area contributed by atoms with Crippen molar-refractivity contribution >= 4 is 12.1 Å². The molecule has 3 aliphatic carbocycles. The fourth-order valence-corrected chi connectivity index (χ4v) is 7.96. The lowest BCUT2D eigenvalue weighted by Gasteiger charge is -2.60. The number of allylic oxidation sites excluding steroid dienone is 2. The van der Waals surface area contributed by atoms with Crippen molar-refractivity contribution in [3.8, 4) is 0 Å². The monoisotopic (exact) mass is 371 g/mol. The van der Waals surface area contributed by atoms with Crippen LogP contribution in [0, 0.1) is 46.3 Å². The fraction of sp³-hybridized carbons (Fsp3) is 0.833. The van der Waals surface area contributed by atoms with Crippen molar-refractivity contribution in [3.05, 3.63) is 11.8 Å². The van der Waals surface area contributed by atoms with E-state index in [1.165, 1.54) is 37.7 Å². The lowest BCUT2D eigenvalue weighted by Crippen LogP contribution is -2.57. The van der Waals surface area contributed by atoms with Crippen LogP contribution >= 0.6 is 0 Å². The third-order valence-corrected chi connectivity index (χ3v) is 9.39. The first-order valence-electron chi connectivity index (χ1n) is 11.1. The van der Waals surface area contributed by atoms with Crippen LogP contribution in [0.4, 0.5) is 0 Å². The minimum atomic E-state index is 0.160. The normalized spacial score (nSPS) is 45.0. The van der Waals surface area contributed by atoms with Gasteiger partial charge in [0, 0.05) is 43.1 Å². The third-order valence-electron chi connectivity index (χ3n) is 9.39. The molecule has 7 atom stereocenters. The number of carbonyl (C=O) groups is 2. The SMILES string of the molecule is CC(C)C(C=O)C1CC[C@H]2[C@@H]3CN(C)C4=CC(=O)CC[C@]4(C)[C@@H]3CC[C@]12C. The molecule has 0 bridgehead atoms. The molecule has 0 radical (unpaired) electrons.